The van der Waals surface area contributed by atoms with Gasteiger partial charge in [-0.25, -0.2) is 0 Å². The Bertz CT molecular complexity index is 463. The third-order valence-corrected chi connectivity index (χ3v) is 2.88. The molecular formula is C12H15ClN2O3. The van der Waals surface area contributed by atoms with Gasteiger partial charge >= 0.3 is 0 Å². The lowest BCUT2D eigenvalue weighted by atomic mass is 10.1. The Hall–Kier alpha value is -1.62. The first-order valence-electron chi connectivity index (χ1n) is 5.74. The maximum atomic E-state index is 12.2. The zero-order valence-corrected chi connectivity index (χ0v) is 11.1. The van der Waals surface area contributed by atoms with E-state index in [1.165, 1.54) is 18.2 Å². The van der Waals surface area contributed by atoms with Crippen molar-refractivity contribution in [3.8, 4) is 0 Å². The number of hydrogen-bond acceptors (Lipinski definition) is 3. The molecule has 1 aromatic carbocycles. The van der Waals surface area contributed by atoms with Gasteiger partial charge in [0.05, 0.1) is 15.5 Å². The minimum absolute atomic E-state index is 0.129. The first kappa shape index (κ1) is 14.4. The fourth-order valence-corrected chi connectivity index (χ4v) is 1.83. The molecule has 1 rings (SSSR count). The predicted molar refractivity (Wildman–Crippen MR) is 70.0 cm³/mol. The summed E-state index contributed by atoms with van der Waals surface area (Å²) >= 11 is 5.93. The second kappa shape index (κ2) is 6.35. The standard InChI is InChI=1S/C12H15ClN2O3/c1-3-7-14(4-2)12(16)10-8-9(15(17)18)5-6-11(10)13/h5-6,8H,3-4,7H2,1-2H3. The normalized spacial score (nSPS) is 10.2. The van der Waals surface area contributed by atoms with E-state index in [2.05, 4.69) is 0 Å². The van der Waals surface area contributed by atoms with E-state index in [1.54, 1.807) is 4.90 Å². The number of rotatable bonds is 5. The Labute approximate surface area is 110 Å². The van der Waals surface area contributed by atoms with Crippen LogP contribution >= 0.6 is 11.6 Å². The van der Waals surface area contributed by atoms with E-state index in [0.717, 1.165) is 6.42 Å². The van der Waals surface area contributed by atoms with E-state index >= 15 is 0 Å². The number of benzene rings is 1. The van der Waals surface area contributed by atoms with Crippen LogP contribution in [0.2, 0.25) is 5.02 Å². The van der Waals surface area contributed by atoms with E-state index in [4.69, 9.17) is 11.6 Å². The largest absolute Gasteiger partial charge is 0.339 e. The van der Waals surface area contributed by atoms with Crippen molar-refractivity contribution in [1.29, 1.82) is 0 Å². The van der Waals surface area contributed by atoms with Gasteiger partial charge in [0.1, 0.15) is 0 Å². The van der Waals surface area contributed by atoms with Crippen molar-refractivity contribution >= 4 is 23.2 Å². The van der Waals surface area contributed by atoms with Crippen LogP contribution in [0, 0.1) is 10.1 Å². The average molecular weight is 271 g/mol. The predicted octanol–water partition coefficient (Wildman–Crippen LogP) is 3.12. The molecule has 0 unspecified atom stereocenters. The summed E-state index contributed by atoms with van der Waals surface area (Å²) in [7, 11) is 0. The van der Waals surface area contributed by atoms with E-state index in [9.17, 15) is 14.9 Å². The van der Waals surface area contributed by atoms with Crippen molar-refractivity contribution in [2.75, 3.05) is 13.1 Å². The van der Waals surface area contributed by atoms with Crippen LogP contribution < -0.4 is 0 Å². The molecule has 0 radical (unpaired) electrons. The van der Waals surface area contributed by atoms with Crippen LogP contribution in [0.5, 0.6) is 0 Å². The van der Waals surface area contributed by atoms with Crippen molar-refractivity contribution in [3.05, 3.63) is 38.9 Å². The number of nitro groups is 1. The van der Waals surface area contributed by atoms with Gasteiger partial charge in [0.2, 0.25) is 0 Å². The van der Waals surface area contributed by atoms with Gasteiger partial charge in [0.15, 0.2) is 0 Å². The average Bonchev–Trinajstić information content (AvgIpc) is 2.35. The van der Waals surface area contributed by atoms with Crippen LogP contribution in [0.3, 0.4) is 0 Å². The molecule has 0 aliphatic heterocycles. The molecule has 0 saturated carbocycles. The van der Waals surface area contributed by atoms with Gasteiger partial charge in [0, 0.05) is 25.2 Å². The Morgan fingerprint density at radius 1 is 1.44 bits per heavy atom. The molecule has 5 nitrogen and oxygen atoms in total. The van der Waals surface area contributed by atoms with Crippen molar-refractivity contribution < 1.29 is 9.72 Å². The van der Waals surface area contributed by atoms with Gasteiger partial charge in [-0.05, 0) is 19.4 Å². The monoisotopic (exact) mass is 270 g/mol. The third kappa shape index (κ3) is 3.20. The molecule has 0 spiro atoms. The summed E-state index contributed by atoms with van der Waals surface area (Å²) in [6, 6.07) is 3.89. The second-order valence-electron chi connectivity index (χ2n) is 3.81. The fraction of sp³-hybridized carbons (Fsp3) is 0.417. The van der Waals surface area contributed by atoms with Crippen molar-refractivity contribution in [1.82, 2.24) is 4.90 Å². The molecule has 18 heavy (non-hydrogen) atoms. The first-order chi connectivity index (χ1) is 8.51. The van der Waals surface area contributed by atoms with Gasteiger partial charge in [-0.3, -0.25) is 14.9 Å². The molecule has 0 bridgehead atoms. The molecule has 0 aliphatic carbocycles. The highest BCUT2D eigenvalue weighted by Gasteiger charge is 2.19. The molecular weight excluding hydrogens is 256 g/mol. The number of amides is 1. The summed E-state index contributed by atoms with van der Waals surface area (Å²) in [5.74, 6) is -0.270. The topological polar surface area (TPSA) is 63.5 Å². The number of non-ortho nitro benzene ring substituents is 1. The summed E-state index contributed by atoms with van der Waals surface area (Å²) in [5.41, 5.74) is 0.0523. The van der Waals surface area contributed by atoms with Crippen LogP contribution in [0.1, 0.15) is 30.6 Å². The van der Waals surface area contributed by atoms with Gasteiger partial charge in [-0.1, -0.05) is 18.5 Å². The summed E-state index contributed by atoms with van der Waals surface area (Å²) in [5, 5.41) is 10.9. The number of nitrogens with zero attached hydrogens (tertiary/aromatic N) is 2. The molecule has 0 saturated heterocycles. The minimum Gasteiger partial charge on any atom is -0.339 e. The Kier molecular flexibility index (Phi) is 5.09. The highest BCUT2D eigenvalue weighted by Crippen LogP contribution is 2.23. The van der Waals surface area contributed by atoms with Crippen LogP contribution in [-0.2, 0) is 0 Å². The second-order valence-corrected chi connectivity index (χ2v) is 4.21. The highest BCUT2D eigenvalue weighted by atomic mass is 35.5. The smallest absolute Gasteiger partial charge is 0.270 e. The number of carbonyl (C=O) groups excluding carboxylic acids is 1. The molecule has 0 N–H and O–H groups in total. The Balaban J connectivity index is 3.10. The molecule has 1 aromatic rings. The molecule has 0 aliphatic rings. The molecule has 0 atom stereocenters. The molecule has 0 aromatic heterocycles. The number of carbonyl (C=O) groups is 1. The molecule has 0 fully saturated rings. The summed E-state index contributed by atoms with van der Waals surface area (Å²) in [6.07, 6.45) is 0.826. The molecule has 6 heteroatoms. The third-order valence-electron chi connectivity index (χ3n) is 2.55. The maximum Gasteiger partial charge on any atom is 0.270 e. The minimum atomic E-state index is -0.538. The summed E-state index contributed by atoms with van der Waals surface area (Å²) in [6.45, 7) is 4.98. The Morgan fingerprint density at radius 2 is 2.11 bits per heavy atom. The lowest BCUT2D eigenvalue weighted by molar-refractivity contribution is -0.384. The molecule has 98 valence electrons. The lowest BCUT2D eigenvalue weighted by Crippen LogP contribution is -2.31. The fourth-order valence-electron chi connectivity index (χ4n) is 1.63. The van der Waals surface area contributed by atoms with Crippen LogP contribution in [0.25, 0.3) is 0 Å². The van der Waals surface area contributed by atoms with Crippen LogP contribution in [-0.4, -0.2) is 28.8 Å². The van der Waals surface area contributed by atoms with E-state index in [1.807, 2.05) is 13.8 Å². The van der Waals surface area contributed by atoms with E-state index < -0.39 is 4.92 Å². The van der Waals surface area contributed by atoms with E-state index in [-0.39, 0.29) is 22.2 Å². The van der Waals surface area contributed by atoms with Gasteiger partial charge in [-0.15, -0.1) is 0 Å². The Morgan fingerprint density at radius 3 is 2.61 bits per heavy atom. The number of halogens is 1. The molecule has 1 amide bonds. The zero-order chi connectivity index (χ0) is 13.7. The van der Waals surface area contributed by atoms with Crippen LogP contribution in [0.15, 0.2) is 18.2 Å². The van der Waals surface area contributed by atoms with Crippen LogP contribution in [0.4, 0.5) is 5.69 Å². The van der Waals surface area contributed by atoms with Crippen molar-refractivity contribution in [2.45, 2.75) is 20.3 Å². The highest BCUT2D eigenvalue weighted by molar-refractivity contribution is 6.33. The quantitative estimate of drug-likeness (QED) is 0.610. The lowest BCUT2D eigenvalue weighted by Gasteiger charge is -2.20. The number of hydrogen-bond donors (Lipinski definition) is 0. The van der Waals surface area contributed by atoms with Crippen molar-refractivity contribution in [2.24, 2.45) is 0 Å². The molecule has 0 heterocycles. The summed E-state index contributed by atoms with van der Waals surface area (Å²) in [4.78, 5) is 23.9. The first-order valence-corrected chi connectivity index (χ1v) is 6.12. The zero-order valence-electron chi connectivity index (χ0n) is 10.4. The van der Waals surface area contributed by atoms with Crippen molar-refractivity contribution in [3.63, 3.8) is 0 Å². The number of nitro benzene ring substituents is 1. The maximum absolute atomic E-state index is 12.2. The summed E-state index contributed by atoms with van der Waals surface area (Å²) < 4.78 is 0. The van der Waals surface area contributed by atoms with E-state index in [0.29, 0.717) is 13.1 Å². The van der Waals surface area contributed by atoms with Gasteiger partial charge in [0.25, 0.3) is 11.6 Å². The van der Waals surface area contributed by atoms with Gasteiger partial charge in [-0.2, -0.15) is 0 Å². The SMILES string of the molecule is CCCN(CC)C(=O)c1cc([N+](=O)[O-])ccc1Cl. The van der Waals surface area contributed by atoms with Gasteiger partial charge < -0.3 is 4.90 Å².